The zero-order chi connectivity index (χ0) is 22.3. The van der Waals surface area contributed by atoms with Gasteiger partial charge in [-0.15, -0.1) is 12.4 Å². The molecule has 0 bridgehead atoms. The number of hydrogen-bond donors (Lipinski definition) is 1. The number of fused-ring (bicyclic) bond motifs is 1. The average molecular weight is 479 g/mol. The predicted molar refractivity (Wildman–Crippen MR) is 123 cm³/mol. The summed E-state index contributed by atoms with van der Waals surface area (Å²) in [5, 5.41) is 7.36. The standard InChI is InChI=1S/C24H25F3N4O.ClH/c1-15-4-2-3-11-31(15)21-8-7-18(13-20(21)24(25,26)27)23-29-22(30-32-23)17-6-5-16-9-10-28-14-19(16)12-17;/h5-8,12-13,15,28H,2-4,9-11,14H2,1H3;1H. The van der Waals surface area contributed by atoms with E-state index >= 15 is 0 Å². The van der Waals surface area contributed by atoms with Crippen molar-refractivity contribution in [3.63, 3.8) is 0 Å². The fourth-order valence-electron chi connectivity index (χ4n) is 4.68. The van der Waals surface area contributed by atoms with Crippen LogP contribution >= 0.6 is 12.4 Å². The number of anilines is 1. The maximum atomic E-state index is 14.0. The summed E-state index contributed by atoms with van der Waals surface area (Å²) in [5.74, 6) is 0.454. The lowest BCUT2D eigenvalue weighted by Crippen LogP contribution is -2.38. The second-order valence-electron chi connectivity index (χ2n) is 8.60. The van der Waals surface area contributed by atoms with Gasteiger partial charge in [-0.2, -0.15) is 18.2 Å². The monoisotopic (exact) mass is 478 g/mol. The van der Waals surface area contributed by atoms with Crippen molar-refractivity contribution < 1.29 is 17.7 Å². The summed E-state index contributed by atoms with van der Waals surface area (Å²) < 4.78 is 47.2. The van der Waals surface area contributed by atoms with Gasteiger partial charge in [-0.05, 0) is 74.5 Å². The first kappa shape index (κ1) is 23.6. The topological polar surface area (TPSA) is 54.2 Å². The third-order valence-electron chi connectivity index (χ3n) is 6.44. The molecule has 3 aromatic rings. The zero-order valence-electron chi connectivity index (χ0n) is 18.3. The molecule has 0 saturated carbocycles. The average Bonchev–Trinajstić information content (AvgIpc) is 3.28. The van der Waals surface area contributed by atoms with Crippen LogP contribution in [0.4, 0.5) is 18.9 Å². The number of alkyl halides is 3. The summed E-state index contributed by atoms with van der Waals surface area (Å²) >= 11 is 0. The van der Waals surface area contributed by atoms with Crippen molar-refractivity contribution in [1.82, 2.24) is 15.5 Å². The molecule has 3 heterocycles. The van der Waals surface area contributed by atoms with E-state index in [4.69, 9.17) is 4.52 Å². The Morgan fingerprint density at radius 3 is 2.67 bits per heavy atom. The van der Waals surface area contributed by atoms with E-state index in [0.29, 0.717) is 12.4 Å². The van der Waals surface area contributed by atoms with Gasteiger partial charge in [-0.3, -0.25) is 0 Å². The van der Waals surface area contributed by atoms with Gasteiger partial charge in [0.25, 0.3) is 5.89 Å². The lowest BCUT2D eigenvalue weighted by Gasteiger charge is -2.37. The van der Waals surface area contributed by atoms with Crippen molar-refractivity contribution in [2.45, 2.75) is 51.4 Å². The molecule has 1 unspecified atom stereocenters. The van der Waals surface area contributed by atoms with Gasteiger partial charge in [-0.25, -0.2) is 0 Å². The van der Waals surface area contributed by atoms with Crippen molar-refractivity contribution in [2.24, 2.45) is 0 Å². The Morgan fingerprint density at radius 2 is 1.88 bits per heavy atom. The highest BCUT2D eigenvalue weighted by Crippen LogP contribution is 2.41. The maximum absolute atomic E-state index is 14.0. The summed E-state index contributed by atoms with van der Waals surface area (Å²) in [4.78, 5) is 6.26. The molecule has 0 radical (unpaired) electrons. The number of nitrogens with one attached hydrogen (secondary N) is 1. The molecular formula is C24H26ClF3N4O. The molecular weight excluding hydrogens is 453 g/mol. The number of piperidine rings is 1. The summed E-state index contributed by atoms with van der Waals surface area (Å²) in [6, 6.07) is 10.4. The van der Waals surface area contributed by atoms with Crippen LogP contribution in [0.2, 0.25) is 0 Å². The van der Waals surface area contributed by atoms with E-state index < -0.39 is 11.7 Å². The first-order valence-corrected chi connectivity index (χ1v) is 11.0. The summed E-state index contributed by atoms with van der Waals surface area (Å²) in [5.41, 5.74) is 3.08. The molecule has 0 spiro atoms. The smallest absolute Gasteiger partial charge is 0.368 e. The predicted octanol–water partition coefficient (Wildman–Crippen LogP) is 5.87. The van der Waals surface area contributed by atoms with Gasteiger partial charge in [-0.1, -0.05) is 17.3 Å². The Bertz CT molecular complexity index is 1130. The number of halogens is 4. The van der Waals surface area contributed by atoms with Crippen LogP contribution in [-0.4, -0.2) is 29.3 Å². The summed E-state index contributed by atoms with van der Waals surface area (Å²) in [6.45, 7) is 4.33. The molecule has 9 heteroatoms. The molecule has 2 aliphatic rings. The Kier molecular flexibility index (Phi) is 6.68. The molecule has 5 rings (SSSR count). The van der Waals surface area contributed by atoms with E-state index in [9.17, 15) is 13.2 Å². The first-order chi connectivity index (χ1) is 15.4. The van der Waals surface area contributed by atoms with E-state index in [0.717, 1.165) is 50.4 Å². The van der Waals surface area contributed by atoms with E-state index in [1.807, 2.05) is 24.0 Å². The molecule has 33 heavy (non-hydrogen) atoms. The van der Waals surface area contributed by atoms with Crippen LogP contribution in [0.15, 0.2) is 40.9 Å². The van der Waals surface area contributed by atoms with Gasteiger partial charge in [0, 0.05) is 35.9 Å². The van der Waals surface area contributed by atoms with Crippen LogP contribution in [0, 0.1) is 0 Å². The number of nitrogens with zero attached hydrogens (tertiary/aromatic N) is 3. The van der Waals surface area contributed by atoms with Crippen LogP contribution < -0.4 is 10.2 Å². The Labute approximate surface area is 196 Å². The van der Waals surface area contributed by atoms with Crippen molar-refractivity contribution in [3.05, 3.63) is 53.1 Å². The van der Waals surface area contributed by atoms with Crippen LogP contribution in [0.1, 0.15) is 42.9 Å². The lowest BCUT2D eigenvalue weighted by atomic mass is 9.98. The molecule has 2 aliphatic heterocycles. The maximum Gasteiger partial charge on any atom is 0.418 e. The molecule has 1 saturated heterocycles. The van der Waals surface area contributed by atoms with Gasteiger partial charge in [0.15, 0.2) is 0 Å². The highest BCUT2D eigenvalue weighted by atomic mass is 35.5. The summed E-state index contributed by atoms with van der Waals surface area (Å²) in [7, 11) is 0. The van der Waals surface area contributed by atoms with Crippen molar-refractivity contribution in [2.75, 3.05) is 18.0 Å². The number of rotatable bonds is 3. The van der Waals surface area contributed by atoms with Crippen LogP contribution in [-0.2, 0) is 19.1 Å². The number of aromatic nitrogens is 2. The van der Waals surface area contributed by atoms with Crippen molar-refractivity contribution >= 4 is 18.1 Å². The minimum atomic E-state index is -4.48. The molecule has 176 valence electrons. The van der Waals surface area contributed by atoms with Gasteiger partial charge in [0.05, 0.1) is 5.56 Å². The fraction of sp³-hybridized carbons (Fsp3) is 0.417. The van der Waals surface area contributed by atoms with Gasteiger partial charge < -0.3 is 14.7 Å². The minimum absolute atomic E-state index is 0. The van der Waals surface area contributed by atoms with Gasteiger partial charge in [0.1, 0.15) is 0 Å². The molecule has 0 amide bonds. The quantitative estimate of drug-likeness (QED) is 0.510. The van der Waals surface area contributed by atoms with Crippen LogP contribution in [0.25, 0.3) is 22.8 Å². The Morgan fingerprint density at radius 1 is 1.06 bits per heavy atom. The Balaban J connectivity index is 0.00000259. The molecule has 2 aromatic carbocycles. The number of hydrogen-bond acceptors (Lipinski definition) is 5. The van der Waals surface area contributed by atoms with Crippen molar-refractivity contribution in [3.8, 4) is 22.8 Å². The molecule has 1 fully saturated rings. The lowest BCUT2D eigenvalue weighted by molar-refractivity contribution is -0.137. The van der Waals surface area contributed by atoms with Crippen LogP contribution in [0.5, 0.6) is 0 Å². The highest BCUT2D eigenvalue weighted by Gasteiger charge is 2.37. The zero-order valence-corrected chi connectivity index (χ0v) is 19.1. The highest BCUT2D eigenvalue weighted by molar-refractivity contribution is 5.85. The van der Waals surface area contributed by atoms with Crippen LogP contribution in [0.3, 0.4) is 0 Å². The summed E-state index contributed by atoms with van der Waals surface area (Å²) in [6.07, 6.45) is -0.679. The largest absolute Gasteiger partial charge is 0.418 e. The molecule has 5 nitrogen and oxygen atoms in total. The van der Waals surface area contributed by atoms with E-state index in [-0.39, 0.29) is 35.6 Å². The third-order valence-corrected chi connectivity index (χ3v) is 6.44. The van der Waals surface area contributed by atoms with Gasteiger partial charge >= 0.3 is 6.18 Å². The van der Waals surface area contributed by atoms with E-state index in [1.165, 1.54) is 17.2 Å². The molecule has 0 aliphatic carbocycles. The molecule has 1 aromatic heterocycles. The SMILES string of the molecule is CC1CCCCN1c1ccc(-c2nc(-c3ccc4c(c3)CNCC4)no2)cc1C(F)(F)F.Cl. The van der Waals surface area contributed by atoms with E-state index in [2.05, 4.69) is 21.5 Å². The van der Waals surface area contributed by atoms with Gasteiger partial charge in [0.2, 0.25) is 5.82 Å². The van der Waals surface area contributed by atoms with E-state index in [1.54, 1.807) is 6.07 Å². The Hall–Kier alpha value is -2.58. The molecule has 1 atom stereocenters. The molecule has 1 N–H and O–H groups in total. The first-order valence-electron chi connectivity index (χ1n) is 11.0. The number of benzene rings is 2. The third kappa shape index (κ3) is 4.73. The van der Waals surface area contributed by atoms with Crippen molar-refractivity contribution in [1.29, 1.82) is 0 Å². The minimum Gasteiger partial charge on any atom is -0.368 e. The second-order valence-corrected chi connectivity index (χ2v) is 8.60. The fourth-order valence-corrected chi connectivity index (χ4v) is 4.68. The second kappa shape index (κ2) is 9.35. The normalized spacial score (nSPS) is 18.5.